The SMILES string of the molecule is Cc1cnc(NC(=O)[C@H](CC2CCCCC2)N2Cc3cc(Cl)c(Cl)cc3C2=O)s1. The number of thiazole rings is 1. The van der Waals surface area contributed by atoms with Crippen molar-refractivity contribution in [3.63, 3.8) is 0 Å². The third-order valence-electron chi connectivity index (χ3n) is 5.79. The molecule has 29 heavy (non-hydrogen) atoms. The number of nitrogens with zero attached hydrogens (tertiary/aromatic N) is 2. The van der Waals surface area contributed by atoms with Crippen LogP contribution >= 0.6 is 34.5 Å². The Morgan fingerprint density at radius 1 is 1.28 bits per heavy atom. The summed E-state index contributed by atoms with van der Waals surface area (Å²) in [5.41, 5.74) is 1.35. The zero-order valence-corrected chi connectivity index (χ0v) is 18.5. The van der Waals surface area contributed by atoms with E-state index in [4.69, 9.17) is 23.2 Å². The van der Waals surface area contributed by atoms with E-state index in [1.54, 1.807) is 23.2 Å². The predicted octanol–water partition coefficient (Wildman–Crippen LogP) is 5.69. The lowest BCUT2D eigenvalue weighted by Crippen LogP contribution is -2.45. The van der Waals surface area contributed by atoms with E-state index >= 15 is 0 Å². The van der Waals surface area contributed by atoms with E-state index in [1.165, 1.54) is 30.6 Å². The number of amides is 2. The molecular formula is C21H23Cl2N3O2S. The highest BCUT2D eigenvalue weighted by Gasteiger charge is 2.38. The molecule has 8 heteroatoms. The van der Waals surface area contributed by atoms with E-state index < -0.39 is 6.04 Å². The van der Waals surface area contributed by atoms with Crippen molar-refractivity contribution in [1.82, 2.24) is 9.88 Å². The van der Waals surface area contributed by atoms with Crippen LogP contribution in [-0.4, -0.2) is 27.7 Å². The molecule has 1 aliphatic carbocycles. The molecular weight excluding hydrogens is 429 g/mol. The summed E-state index contributed by atoms with van der Waals surface area (Å²) in [4.78, 5) is 33.3. The van der Waals surface area contributed by atoms with Crippen LogP contribution in [0.5, 0.6) is 0 Å². The zero-order valence-electron chi connectivity index (χ0n) is 16.2. The molecule has 1 fully saturated rings. The molecule has 4 rings (SSSR count). The Bertz CT molecular complexity index is 940. The molecule has 1 N–H and O–H groups in total. The normalized spacial score (nSPS) is 18.0. The van der Waals surface area contributed by atoms with Crippen molar-refractivity contribution in [3.05, 3.63) is 44.4 Å². The number of hydrogen-bond donors (Lipinski definition) is 1. The average Bonchev–Trinajstić information content (AvgIpc) is 3.24. The molecule has 2 aliphatic rings. The first kappa shape index (κ1) is 20.6. The number of nitrogens with one attached hydrogen (secondary N) is 1. The molecule has 1 atom stereocenters. The Balaban J connectivity index is 1.59. The van der Waals surface area contributed by atoms with Gasteiger partial charge in [0.25, 0.3) is 5.91 Å². The molecule has 0 saturated heterocycles. The lowest BCUT2D eigenvalue weighted by molar-refractivity contribution is -0.121. The fourth-order valence-corrected chi connectivity index (χ4v) is 5.31. The number of fused-ring (bicyclic) bond motifs is 1. The summed E-state index contributed by atoms with van der Waals surface area (Å²) in [7, 11) is 0. The molecule has 1 aliphatic heterocycles. The average molecular weight is 452 g/mol. The molecule has 0 radical (unpaired) electrons. The van der Waals surface area contributed by atoms with Crippen LogP contribution < -0.4 is 5.32 Å². The van der Waals surface area contributed by atoms with Gasteiger partial charge in [-0.3, -0.25) is 9.59 Å². The molecule has 154 valence electrons. The highest BCUT2D eigenvalue weighted by molar-refractivity contribution is 7.15. The molecule has 0 spiro atoms. The third-order valence-corrected chi connectivity index (χ3v) is 7.34. The van der Waals surface area contributed by atoms with Crippen molar-refractivity contribution in [2.75, 3.05) is 5.32 Å². The minimum absolute atomic E-state index is 0.162. The number of anilines is 1. The van der Waals surface area contributed by atoms with Crippen LogP contribution in [0.2, 0.25) is 10.0 Å². The van der Waals surface area contributed by atoms with Crippen molar-refractivity contribution in [2.24, 2.45) is 5.92 Å². The lowest BCUT2D eigenvalue weighted by Gasteiger charge is -2.31. The van der Waals surface area contributed by atoms with Gasteiger partial charge in [-0.25, -0.2) is 4.98 Å². The van der Waals surface area contributed by atoms with Crippen LogP contribution in [0.15, 0.2) is 18.3 Å². The number of halogens is 2. The standard InChI is InChI=1S/C21H23Cl2N3O2S/c1-12-10-24-21(29-12)25-19(27)18(7-13-5-3-2-4-6-13)26-11-14-8-16(22)17(23)9-15(14)20(26)28/h8-10,13,18H,2-7,11H2,1H3,(H,24,25,27)/t18-/m0/s1. The molecule has 1 aromatic heterocycles. The van der Waals surface area contributed by atoms with E-state index in [1.807, 2.05) is 6.92 Å². The Morgan fingerprint density at radius 3 is 2.69 bits per heavy atom. The fourth-order valence-electron chi connectivity index (χ4n) is 4.30. The van der Waals surface area contributed by atoms with Gasteiger partial charge in [0, 0.05) is 23.2 Å². The van der Waals surface area contributed by atoms with Gasteiger partial charge in [-0.15, -0.1) is 11.3 Å². The maximum atomic E-state index is 13.2. The van der Waals surface area contributed by atoms with Gasteiger partial charge in [-0.1, -0.05) is 55.3 Å². The van der Waals surface area contributed by atoms with Crippen LogP contribution in [0.3, 0.4) is 0 Å². The van der Waals surface area contributed by atoms with Gasteiger partial charge < -0.3 is 10.2 Å². The highest BCUT2D eigenvalue weighted by atomic mass is 35.5. The molecule has 0 bridgehead atoms. The smallest absolute Gasteiger partial charge is 0.255 e. The van der Waals surface area contributed by atoms with Crippen LogP contribution in [0.4, 0.5) is 5.13 Å². The summed E-state index contributed by atoms with van der Waals surface area (Å²) in [5.74, 6) is 0.106. The van der Waals surface area contributed by atoms with Gasteiger partial charge >= 0.3 is 0 Å². The lowest BCUT2D eigenvalue weighted by atomic mass is 9.84. The third kappa shape index (κ3) is 4.44. The number of hydrogen-bond acceptors (Lipinski definition) is 4. The highest BCUT2D eigenvalue weighted by Crippen LogP contribution is 2.35. The van der Waals surface area contributed by atoms with Gasteiger partial charge in [0.2, 0.25) is 5.91 Å². The van der Waals surface area contributed by atoms with Gasteiger partial charge in [0.05, 0.1) is 10.0 Å². The van der Waals surface area contributed by atoms with Crippen LogP contribution in [0.25, 0.3) is 0 Å². The minimum atomic E-state index is -0.542. The van der Waals surface area contributed by atoms with E-state index in [0.29, 0.717) is 39.6 Å². The first-order valence-corrected chi connectivity index (χ1v) is 11.5. The van der Waals surface area contributed by atoms with Gasteiger partial charge in [0.1, 0.15) is 6.04 Å². The fraction of sp³-hybridized carbons (Fsp3) is 0.476. The Kier molecular flexibility index (Phi) is 6.13. The summed E-state index contributed by atoms with van der Waals surface area (Å²) in [6.45, 7) is 2.31. The second-order valence-electron chi connectivity index (χ2n) is 7.88. The number of aromatic nitrogens is 1. The van der Waals surface area contributed by atoms with E-state index in [9.17, 15) is 9.59 Å². The summed E-state index contributed by atoms with van der Waals surface area (Å²) in [5, 5.41) is 4.26. The second-order valence-corrected chi connectivity index (χ2v) is 9.93. The number of benzene rings is 1. The topological polar surface area (TPSA) is 62.3 Å². The Hall–Kier alpha value is -1.63. The number of aryl methyl sites for hydroxylation is 1. The number of carbonyl (C=O) groups excluding carboxylic acids is 2. The van der Waals surface area contributed by atoms with Crippen LogP contribution in [0.1, 0.15) is 59.3 Å². The number of carbonyl (C=O) groups is 2. The van der Waals surface area contributed by atoms with Crippen LogP contribution in [-0.2, 0) is 11.3 Å². The molecule has 1 saturated carbocycles. The Labute approximate surface area is 184 Å². The summed E-state index contributed by atoms with van der Waals surface area (Å²) in [6, 6.07) is 2.80. The second kappa shape index (κ2) is 8.62. The van der Waals surface area contributed by atoms with Gasteiger partial charge in [0.15, 0.2) is 5.13 Å². The minimum Gasteiger partial charge on any atom is -0.322 e. The first-order valence-electron chi connectivity index (χ1n) is 9.94. The van der Waals surface area contributed by atoms with Crippen LogP contribution in [0, 0.1) is 12.8 Å². The van der Waals surface area contributed by atoms with Gasteiger partial charge in [-0.05, 0) is 37.0 Å². The summed E-state index contributed by atoms with van der Waals surface area (Å²) in [6.07, 6.45) is 8.22. The molecule has 5 nitrogen and oxygen atoms in total. The maximum absolute atomic E-state index is 13.2. The first-order chi connectivity index (χ1) is 13.9. The quantitative estimate of drug-likeness (QED) is 0.634. The number of rotatable bonds is 5. The van der Waals surface area contributed by atoms with Crippen molar-refractivity contribution in [2.45, 2.75) is 58.0 Å². The van der Waals surface area contributed by atoms with E-state index in [0.717, 1.165) is 23.3 Å². The van der Waals surface area contributed by atoms with Crippen molar-refractivity contribution in [3.8, 4) is 0 Å². The van der Waals surface area contributed by atoms with E-state index in [2.05, 4.69) is 10.3 Å². The zero-order chi connectivity index (χ0) is 20.5. The largest absolute Gasteiger partial charge is 0.322 e. The molecule has 0 unspecified atom stereocenters. The molecule has 2 heterocycles. The van der Waals surface area contributed by atoms with Gasteiger partial charge in [-0.2, -0.15) is 0 Å². The molecule has 2 amide bonds. The predicted molar refractivity (Wildman–Crippen MR) is 117 cm³/mol. The van der Waals surface area contributed by atoms with Crippen molar-refractivity contribution >= 4 is 51.5 Å². The summed E-state index contributed by atoms with van der Waals surface area (Å²) < 4.78 is 0. The monoisotopic (exact) mass is 451 g/mol. The van der Waals surface area contributed by atoms with Crippen molar-refractivity contribution < 1.29 is 9.59 Å². The maximum Gasteiger partial charge on any atom is 0.255 e. The molecule has 2 aromatic rings. The summed E-state index contributed by atoms with van der Waals surface area (Å²) >= 11 is 13.7. The van der Waals surface area contributed by atoms with Crippen molar-refractivity contribution in [1.29, 1.82) is 0 Å². The molecule has 1 aromatic carbocycles. The van der Waals surface area contributed by atoms with E-state index in [-0.39, 0.29) is 11.8 Å². The Morgan fingerprint density at radius 2 is 2.00 bits per heavy atom.